The average Bonchev–Trinajstić information content (AvgIpc) is 3.61. The fraction of sp³-hybridized carbons (Fsp3) is 0.513. The van der Waals surface area contributed by atoms with Crippen LogP contribution in [-0.2, 0) is 19.1 Å². The van der Waals surface area contributed by atoms with Crippen molar-refractivity contribution in [2.45, 2.75) is 70.6 Å². The van der Waals surface area contributed by atoms with Gasteiger partial charge in [0.05, 0.1) is 17.4 Å². The highest BCUT2D eigenvalue weighted by atomic mass is 16.5. The normalized spacial score (nSPS) is 27.1. The largest absolute Gasteiger partial charge is 0.396 e. The van der Waals surface area contributed by atoms with E-state index in [9.17, 15) is 14.7 Å². The maximum absolute atomic E-state index is 15.0. The van der Waals surface area contributed by atoms with Crippen molar-refractivity contribution in [2.24, 2.45) is 17.8 Å². The van der Waals surface area contributed by atoms with Crippen molar-refractivity contribution in [3.05, 3.63) is 79.9 Å². The number of aliphatic hydroxyl groups is 1. The Balaban J connectivity index is 1.58. The average molecular weight is 657 g/mol. The first-order chi connectivity index (χ1) is 23.1. The molecule has 2 aromatic carbocycles. The van der Waals surface area contributed by atoms with E-state index < -0.39 is 29.1 Å². The second-order valence-corrected chi connectivity index (χ2v) is 13.5. The van der Waals surface area contributed by atoms with Crippen LogP contribution in [0.3, 0.4) is 0 Å². The zero-order valence-corrected chi connectivity index (χ0v) is 29.0. The van der Waals surface area contributed by atoms with E-state index in [1.165, 1.54) is 0 Å². The second kappa shape index (κ2) is 14.7. The number of hydrogen-bond acceptors (Lipinski definition) is 6. The van der Waals surface area contributed by atoms with Crippen LogP contribution in [0.4, 0.5) is 17.1 Å². The number of ether oxygens (including phenoxy) is 1. The van der Waals surface area contributed by atoms with E-state index in [4.69, 9.17) is 4.74 Å². The standard InChI is InChI=1S/C39H52N4O5/c1-7-23-41(30-17-13-11-14-18-30)35(45)32-33-36(46)43(25-15-12-16-26-44)34(39(33)27-28(5)38(32,6)48-39)37(47)42(24-8-2)31-21-19-29(20-22-31)40(9-3)10-4/h7-8,11,13-14,17-22,28,32-34,44H,1-2,9-10,12,15-16,23-27H2,3-6H3/t28?,32-,33-,34?,38+,39?/m0/s1. The predicted octanol–water partition coefficient (Wildman–Crippen LogP) is 5.44. The van der Waals surface area contributed by atoms with E-state index in [0.29, 0.717) is 37.9 Å². The monoisotopic (exact) mass is 656 g/mol. The number of hydrogen-bond donors (Lipinski definition) is 1. The molecule has 3 aliphatic heterocycles. The molecule has 6 atom stereocenters. The lowest BCUT2D eigenvalue weighted by Crippen LogP contribution is -2.57. The Kier molecular flexibility index (Phi) is 10.8. The molecule has 3 saturated heterocycles. The maximum atomic E-state index is 15.0. The first kappa shape index (κ1) is 35.4. The van der Waals surface area contributed by atoms with Crippen LogP contribution in [0.25, 0.3) is 0 Å². The maximum Gasteiger partial charge on any atom is 0.253 e. The Bertz CT molecular complexity index is 1480. The summed E-state index contributed by atoms with van der Waals surface area (Å²) in [6.45, 7) is 18.7. The molecule has 0 aromatic heterocycles. The van der Waals surface area contributed by atoms with Gasteiger partial charge in [0.1, 0.15) is 11.6 Å². The van der Waals surface area contributed by atoms with Crippen molar-refractivity contribution >= 4 is 34.8 Å². The van der Waals surface area contributed by atoms with Crippen molar-refractivity contribution < 1.29 is 24.2 Å². The third kappa shape index (κ3) is 5.96. The summed E-state index contributed by atoms with van der Waals surface area (Å²) in [7, 11) is 0. The van der Waals surface area contributed by atoms with Gasteiger partial charge in [0.25, 0.3) is 5.91 Å². The highest BCUT2D eigenvalue weighted by Gasteiger charge is 2.80. The summed E-state index contributed by atoms with van der Waals surface area (Å²) in [6.07, 6.45) is 5.82. The Hall–Kier alpha value is -3.95. The summed E-state index contributed by atoms with van der Waals surface area (Å²) in [6, 6.07) is 16.4. The summed E-state index contributed by atoms with van der Waals surface area (Å²) in [5.74, 6) is -2.33. The molecule has 9 nitrogen and oxygen atoms in total. The quantitative estimate of drug-likeness (QED) is 0.191. The van der Waals surface area contributed by atoms with Crippen LogP contribution < -0.4 is 14.7 Å². The van der Waals surface area contributed by atoms with Crippen LogP contribution in [0.2, 0.25) is 0 Å². The van der Waals surface area contributed by atoms with E-state index in [-0.39, 0.29) is 43.3 Å². The molecular formula is C39H52N4O5. The molecule has 3 aliphatic rings. The van der Waals surface area contributed by atoms with Crippen molar-refractivity contribution in [2.75, 3.05) is 54.0 Å². The van der Waals surface area contributed by atoms with Gasteiger partial charge in [-0.05, 0) is 88.8 Å². The molecule has 0 radical (unpaired) electrons. The fourth-order valence-corrected chi connectivity index (χ4v) is 8.46. The van der Waals surface area contributed by atoms with Crippen LogP contribution in [0.1, 0.15) is 53.4 Å². The van der Waals surface area contributed by atoms with E-state index in [1.54, 1.807) is 26.9 Å². The van der Waals surface area contributed by atoms with Crippen molar-refractivity contribution in [1.29, 1.82) is 0 Å². The zero-order valence-electron chi connectivity index (χ0n) is 29.0. The van der Waals surface area contributed by atoms with Gasteiger partial charge in [-0.25, -0.2) is 0 Å². The molecule has 1 N–H and O–H groups in total. The molecule has 258 valence electrons. The summed E-state index contributed by atoms with van der Waals surface area (Å²) in [5.41, 5.74) is 0.389. The van der Waals surface area contributed by atoms with Gasteiger partial charge in [0.2, 0.25) is 11.8 Å². The number of carbonyl (C=O) groups excluding carboxylic acids is 3. The zero-order chi connectivity index (χ0) is 34.6. The third-order valence-electron chi connectivity index (χ3n) is 10.9. The lowest BCUT2D eigenvalue weighted by molar-refractivity contribution is -0.145. The minimum absolute atomic E-state index is 0.0631. The number of likely N-dealkylation sites (tertiary alicyclic amines) is 1. The second-order valence-electron chi connectivity index (χ2n) is 13.5. The summed E-state index contributed by atoms with van der Waals surface area (Å²) < 4.78 is 7.03. The third-order valence-corrected chi connectivity index (χ3v) is 10.9. The number of nitrogens with zero attached hydrogens (tertiary/aromatic N) is 4. The number of benzene rings is 2. The van der Waals surface area contributed by atoms with E-state index in [2.05, 4.69) is 38.8 Å². The number of carbonyl (C=O) groups is 3. The van der Waals surface area contributed by atoms with E-state index >= 15 is 4.79 Å². The number of aliphatic hydroxyl groups excluding tert-OH is 1. The van der Waals surface area contributed by atoms with Gasteiger partial charge >= 0.3 is 0 Å². The number of amides is 3. The molecule has 9 heteroatoms. The van der Waals surface area contributed by atoms with Gasteiger partial charge in [-0.15, -0.1) is 13.2 Å². The smallest absolute Gasteiger partial charge is 0.253 e. The van der Waals surface area contributed by atoms with E-state index in [0.717, 1.165) is 24.5 Å². The highest BCUT2D eigenvalue weighted by molar-refractivity contribution is 6.07. The molecule has 3 heterocycles. The number of rotatable bonds is 16. The minimum atomic E-state index is -1.17. The number of para-hydroxylation sites is 1. The lowest BCUT2D eigenvalue weighted by atomic mass is 9.62. The molecule has 2 aromatic rings. The van der Waals surface area contributed by atoms with Gasteiger partial charge in [0, 0.05) is 56.4 Å². The number of unbranched alkanes of at least 4 members (excludes halogenated alkanes) is 2. The Morgan fingerprint density at radius 3 is 2.08 bits per heavy atom. The first-order valence-corrected chi connectivity index (χ1v) is 17.5. The van der Waals surface area contributed by atoms with Gasteiger partial charge < -0.3 is 29.4 Å². The lowest BCUT2D eigenvalue weighted by Gasteiger charge is -2.39. The van der Waals surface area contributed by atoms with Crippen LogP contribution >= 0.6 is 0 Å². The highest BCUT2D eigenvalue weighted by Crippen LogP contribution is 2.65. The van der Waals surface area contributed by atoms with Gasteiger partial charge in [0.15, 0.2) is 0 Å². The van der Waals surface area contributed by atoms with Crippen LogP contribution in [0, 0.1) is 17.8 Å². The van der Waals surface area contributed by atoms with Crippen molar-refractivity contribution in [3.8, 4) is 0 Å². The molecule has 0 aliphatic carbocycles. The summed E-state index contributed by atoms with van der Waals surface area (Å²) in [5, 5.41) is 9.43. The Morgan fingerprint density at radius 2 is 1.50 bits per heavy atom. The summed E-state index contributed by atoms with van der Waals surface area (Å²) in [4.78, 5) is 51.8. The van der Waals surface area contributed by atoms with Gasteiger partial charge in [-0.1, -0.05) is 37.3 Å². The minimum Gasteiger partial charge on any atom is -0.396 e. The molecule has 48 heavy (non-hydrogen) atoms. The molecule has 3 amide bonds. The van der Waals surface area contributed by atoms with Crippen molar-refractivity contribution in [3.63, 3.8) is 0 Å². The number of fused-ring (bicyclic) bond motifs is 1. The molecular weight excluding hydrogens is 604 g/mol. The van der Waals surface area contributed by atoms with Crippen molar-refractivity contribution in [1.82, 2.24) is 4.90 Å². The molecule has 1 spiro atoms. The van der Waals surface area contributed by atoms with Crippen LogP contribution in [-0.4, -0.2) is 84.3 Å². The van der Waals surface area contributed by atoms with E-state index in [1.807, 2.05) is 61.5 Å². The SMILES string of the molecule is C=CCN(C(=O)C1N(CCCCCO)C(=O)[C@@H]2[C@@H](C(=O)N(CC=C)c3ccccc3)[C@]3(C)OC12CC3C)c1ccc(N(CC)CC)cc1. The molecule has 0 saturated carbocycles. The Labute approximate surface area is 285 Å². The summed E-state index contributed by atoms with van der Waals surface area (Å²) >= 11 is 0. The molecule has 3 fully saturated rings. The predicted molar refractivity (Wildman–Crippen MR) is 191 cm³/mol. The molecule has 2 bridgehead atoms. The van der Waals surface area contributed by atoms with Gasteiger partial charge in [-0.3, -0.25) is 14.4 Å². The van der Waals surface area contributed by atoms with Gasteiger partial charge in [-0.2, -0.15) is 0 Å². The topological polar surface area (TPSA) is 93.6 Å². The Morgan fingerprint density at radius 1 is 0.917 bits per heavy atom. The first-order valence-electron chi connectivity index (χ1n) is 17.5. The van der Waals surface area contributed by atoms with Crippen LogP contribution in [0.5, 0.6) is 0 Å². The van der Waals surface area contributed by atoms with Crippen LogP contribution in [0.15, 0.2) is 79.9 Å². The molecule has 5 rings (SSSR count). The fourth-order valence-electron chi connectivity index (χ4n) is 8.46. The molecule has 3 unspecified atom stereocenters. The number of anilines is 3.